The second kappa shape index (κ2) is 9.78. The Kier molecular flexibility index (Phi) is 6.66. The van der Waals surface area contributed by atoms with Crippen molar-refractivity contribution >= 4 is 33.9 Å². The van der Waals surface area contributed by atoms with Gasteiger partial charge in [0.25, 0.3) is 0 Å². The van der Waals surface area contributed by atoms with Crippen molar-refractivity contribution in [1.29, 1.82) is 0 Å². The minimum Gasteiger partial charge on any atom is -0.490 e. The zero-order valence-corrected chi connectivity index (χ0v) is 18.8. The van der Waals surface area contributed by atoms with E-state index in [9.17, 15) is 9.18 Å². The van der Waals surface area contributed by atoms with Crippen LogP contribution in [0, 0.1) is 5.82 Å². The summed E-state index contributed by atoms with van der Waals surface area (Å²) in [5.74, 6) is 0.433. The maximum absolute atomic E-state index is 13.4. The van der Waals surface area contributed by atoms with Gasteiger partial charge in [-0.2, -0.15) is 0 Å². The number of ether oxygens (including phenoxy) is 3. The number of carbonyl (C=O) groups is 1. The maximum atomic E-state index is 13.4. The number of carbonyl (C=O) groups excluding carboxylic acids is 1. The third kappa shape index (κ3) is 5.06. The van der Waals surface area contributed by atoms with Gasteiger partial charge in [-0.1, -0.05) is 30.3 Å². The normalized spacial score (nSPS) is 14.3. The summed E-state index contributed by atoms with van der Waals surface area (Å²) in [5, 5.41) is 0. The number of aliphatic imine (C=N–C) groups is 1. The molecule has 0 N–H and O–H groups in total. The van der Waals surface area contributed by atoms with Crippen LogP contribution in [0.1, 0.15) is 23.6 Å². The lowest BCUT2D eigenvalue weighted by Crippen LogP contribution is -2.05. The molecule has 0 radical (unpaired) electrons. The van der Waals surface area contributed by atoms with Gasteiger partial charge >= 0.3 is 5.97 Å². The number of benzene rings is 3. The van der Waals surface area contributed by atoms with E-state index in [2.05, 4.69) is 20.9 Å². The molecule has 5 nitrogen and oxygen atoms in total. The smallest absolute Gasteiger partial charge is 0.363 e. The van der Waals surface area contributed by atoms with E-state index in [4.69, 9.17) is 14.2 Å². The van der Waals surface area contributed by atoms with Crippen LogP contribution >= 0.6 is 15.9 Å². The van der Waals surface area contributed by atoms with E-state index < -0.39 is 5.97 Å². The van der Waals surface area contributed by atoms with Gasteiger partial charge in [-0.25, -0.2) is 14.2 Å². The van der Waals surface area contributed by atoms with Crippen molar-refractivity contribution < 1.29 is 23.4 Å². The fraction of sp³-hybridized carbons (Fsp3) is 0.120. The van der Waals surface area contributed by atoms with Crippen molar-refractivity contribution in [2.75, 3.05) is 6.61 Å². The van der Waals surface area contributed by atoms with E-state index in [0.717, 1.165) is 4.47 Å². The lowest BCUT2D eigenvalue weighted by molar-refractivity contribution is -0.129. The van der Waals surface area contributed by atoms with Crippen LogP contribution in [0.25, 0.3) is 6.08 Å². The molecule has 0 aromatic heterocycles. The minimum atomic E-state index is -0.528. The summed E-state index contributed by atoms with van der Waals surface area (Å²) in [6.45, 7) is 2.50. The third-order valence-corrected chi connectivity index (χ3v) is 5.27. The van der Waals surface area contributed by atoms with Gasteiger partial charge in [0.05, 0.1) is 12.2 Å². The molecule has 0 bridgehead atoms. The molecule has 1 aliphatic rings. The molecule has 0 saturated carbocycles. The topological polar surface area (TPSA) is 57.1 Å². The number of hydrogen-bond donors (Lipinski definition) is 0. The largest absolute Gasteiger partial charge is 0.490 e. The molecule has 1 aliphatic heterocycles. The standard InChI is InChI=1S/C25H19BrFNO4/c1-2-30-23-14-16(10-11-22(23)31-15-17-6-5-7-18(27)12-17)13-21-25(29)32-24(28-21)19-8-3-4-9-20(19)26/h3-14H,2,15H2,1H3/b21-13-. The lowest BCUT2D eigenvalue weighted by atomic mass is 10.1. The molecule has 0 amide bonds. The third-order valence-electron chi connectivity index (χ3n) is 4.58. The average Bonchev–Trinajstić information content (AvgIpc) is 3.13. The molecular weight excluding hydrogens is 477 g/mol. The van der Waals surface area contributed by atoms with E-state index >= 15 is 0 Å². The van der Waals surface area contributed by atoms with Crippen LogP contribution < -0.4 is 9.47 Å². The Balaban J connectivity index is 1.57. The Hall–Kier alpha value is -3.45. The summed E-state index contributed by atoms with van der Waals surface area (Å²) in [7, 11) is 0. The Morgan fingerprint density at radius 2 is 1.88 bits per heavy atom. The molecule has 0 spiro atoms. The molecule has 0 aliphatic carbocycles. The zero-order valence-electron chi connectivity index (χ0n) is 17.2. The van der Waals surface area contributed by atoms with Crippen molar-refractivity contribution in [3.05, 3.63) is 99.4 Å². The average molecular weight is 496 g/mol. The molecule has 3 aromatic carbocycles. The number of rotatable bonds is 7. The van der Waals surface area contributed by atoms with E-state index in [-0.39, 0.29) is 24.0 Å². The van der Waals surface area contributed by atoms with Crippen molar-refractivity contribution in [3.63, 3.8) is 0 Å². The first kappa shape index (κ1) is 21.8. The summed E-state index contributed by atoms with van der Waals surface area (Å²) in [5.41, 5.74) is 2.30. The highest BCUT2D eigenvalue weighted by Crippen LogP contribution is 2.31. The Morgan fingerprint density at radius 1 is 1.03 bits per heavy atom. The first-order chi connectivity index (χ1) is 15.5. The fourth-order valence-corrected chi connectivity index (χ4v) is 3.56. The van der Waals surface area contributed by atoms with Gasteiger partial charge < -0.3 is 14.2 Å². The van der Waals surface area contributed by atoms with Gasteiger partial charge in [-0.05, 0) is 76.5 Å². The van der Waals surface area contributed by atoms with E-state index in [0.29, 0.717) is 34.8 Å². The van der Waals surface area contributed by atoms with Gasteiger partial charge in [-0.3, -0.25) is 0 Å². The van der Waals surface area contributed by atoms with Gasteiger partial charge in [0.1, 0.15) is 12.4 Å². The molecule has 1 heterocycles. The van der Waals surface area contributed by atoms with Crippen LogP contribution in [0.5, 0.6) is 11.5 Å². The molecule has 3 aromatic rings. The van der Waals surface area contributed by atoms with Crippen LogP contribution in [-0.4, -0.2) is 18.5 Å². The van der Waals surface area contributed by atoms with Crippen molar-refractivity contribution in [3.8, 4) is 11.5 Å². The van der Waals surface area contributed by atoms with E-state index in [1.165, 1.54) is 12.1 Å². The molecule has 32 heavy (non-hydrogen) atoms. The molecular formula is C25H19BrFNO4. The number of nitrogens with zero attached hydrogens (tertiary/aromatic N) is 1. The van der Waals surface area contributed by atoms with Gasteiger partial charge in [0, 0.05) is 4.47 Å². The second-order valence-corrected chi connectivity index (χ2v) is 7.73. The summed E-state index contributed by atoms with van der Waals surface area (Å²) in [4.78, 5) is 16.7. The highest BCUT2D eigenvalue weighted by Gasteiger charge is 2.25. The summed E-state index contributed by atoms with van der Waals surface area (Å²) in [6.07, 6.45) is 1.63. The monoisotopic (exact) mass is 495 g/mol. The Morgan fingerprint density at radius 3 is 2.66 bits per heavy atom. The Bertz CT molecular complexity index is 1220. The molecule has 162 valence electrons. The van der Waals surface area contributed by atoms with Crippen LogP contribution in [0.4, 0.5) is 4.39 Å². The number of halogens is 2. The summed E-state index contributed by atoms with van der Waals surface area (Å²) in [6, 6.07) is 18.9. The first-order valence-electron chi connectivity index (χ1n) is 9.95. The predicted molar refractivity (Wildman–Crippen MR) is 123 cm³/mol. The maximum Gasteiger partial charge on any atom is 0.363 e. The van der Waals surface area contributed by atoms with Crippen molar-refractivity contribution in [2.45, 2.75) is 13.5 Å². The van der Waals surface area contributed by atoms with Crippen molar-refractivity contribution in [2.24, 2.45) is 4.99 Å². The van der Waals surface area contributed by atoms with Crippen LogP contribution in [0.3, 0.4) is 0 Å². The van der Waals surface area contributed by atoms with Gasteiger partial charge in [0.2, 0.25) is 5.90 Å². The number of cyclic esters (lactones) is 1. The van der Waals surface area contributed by atoms with Crippen molar-refractivity contribution in [1.82, 2.24) is 0 Å². The van der Waals surface area contributed by atoms with E-state index in [1.54, 1.807) is 36.4 Å². The predicted octanol–water partition coefficient (Wildman–Crippen LogP) is 5.91. The SMILES string of the molecule is CCOc1cc(/C=C2\N=C(c3ccccc3Br)OC2=O)ccc1OCc1cccc(F)c1. The lowest BCUT2D eigenvalue weighted by Gasteiger charge is -2.13. The zero-order chi connectivity index (χ0) is 22.5. The molecule has 0 saturated heterocycles. The molecule has 0 atom stereocenters. The van der Waals surface area contributed by atoms with Crippen LogP contribution in [0.2, 0.25) is 0 Å². The highest BCUT2D eigenvalue weighted by molar-refractivity contribution is 9.10. The molecule has 4 rings (SSSR count). The number of esters is 1. The van der Waals surface area contributed by atoms with Crippen LogP contribution in [-0.2, 0) is 16.1 Å². The minimum absolute atomic E-state index is 0.187. The van der Waals surface area contributed by atoms with E-state index in [1.807, 2.05) is 31.2 Å². The first-order valence-corrected chi connectivity index (χ1v) is 10.7. The summed E-state index contributed by atoms with van der Waals surface area (Å²) < 4.78 is 31.0. The fourth-order valence-electron chi connectivity index (χ4n) is 3.11. The molecule has 0 unspecified atom stereocenters. The quantitative estimate of drug-likeness (QED) is 0.302. The Labute approximate surface area is 193 Å². The molecule has 7 heteroatoms. The molecule has 0 fully saturated rings. The number of hydrogen-bond acceptors (Lipinski definition) is 5. The summed E-state index contributed by atoms with van der Waals surface area (Å²) >= 11 is 3.44. The highest BCUT2D eigenvalue weighted by atomic mass is 79.9. The van der Waals surface area contributed by atoms with Gasteiger partial charge in [-0.15, -0.1) is 0 Å². The van der Waals surface area contributed by atoms with Crippen LogP contribution in [0.15, 0.2) is 81.9 Å². The van der Waals surface area contributed by atoms with Gasteiger partial charge in [0.15, 0.2) is 17.2 Å². The second-order valence-electron chi connectivity index (χ2n) is 6.87.